The second-order valence-electron chi connectivity index (χ2n) is 9.05. The predicted octanol–water partition coefficient (Wildman–Crippen LogP) is 4.17. The summed E-state index contributed by atoms with van der Waals surface area (Å²) in [6.07, 6.45) is 9.37. The second kappa shape index (κ2) is 12.3. The van der Waals surface area contributed by atoms with Crippen LogP contribution in [0.4, 0.5) is 0 Å². The van der Waals surface area contributed by atoms with Crippen LogP contribution in [0, 0.1) is 17.3 Å². The molecule has 2 unspecified atom stereocenters. The highest BCUT2D eigenvalue weighted by Gasteiger charge is 2.38. The Kier molecular flexibility index (Phi) is 10.1. The molecule has 30 heavy (non-hydrogen) atoms. The van der Waals surface area contributed by atoms with Crippen molar-refractivity contribution in [2.75, 3.05) is 20.0 Å². The maximum absolute atomic E-state index is 12.5. The van der Waals surface area contributed by atoms with Crippen LogP contribution in [0.1, 0.15) is 85.0 Å². The summed E-state index contributed by atoms with van der Waals surface area (Å²) in [4.78, 5) is 37.0. The van der Waals surface area contributed by atoms with Gasteiger partial charge in [-0.2, -0.15) is 0 Å². The van der Waals surface area contributed by atoms with Gasteiger partial charge in [-0.15, -0.1) is 0 Å². The molecule has 0 N–H and O–H groups in total. The zero-order chi connectivity index (χ0) is 22.0. The number of hydrogen-bond donors (Lipinski definition) is 0. The van der Waals surface area contributed by atoms with E-state index >= 15 is 0 Å². The van der Waals surface area contributed by atoms with Crippen LogP contribution < -0.4 is 0 Å². The van der Waals surface area contributed by atoms with Crippen LogP contribution in [0.15, 0.2) is 0 Å². The molecular formula is C23H38O7. The van der Waals surface area contributed by atoms with Crippen molar-refractivity contribution in [3.05, 3.63) is 0 Å². The van der Waals surface area contributed by atoms with Crippen molar-refractivity contribution >= 4 is 17.9 Å². The van der Waals surface area contributed by atoms with E-state index in [9.17, 15) is 14.4 Å². The molecule has 0 saturated heterocycles. The van der Waals surface area contributed by atoms with E-state index in [1.807, 2.05) is 20.8 Å². The van der Waals surface area contributed by atoms with Gasteiger partial charge in [0.2, 0.25) is 0 Å². The normalized spacial score (nSPS) is 22.9. The molecule has 2 atom stereocenters. The largest absolute Gasteiger partial charge is 0.462 e. The van der Waals surface area contributed by atoms with Crippen LogP contribution in [0.2, 0.25) is 0 Å². The highest BCUT2D eigenvalue weighted by Crippen LogP contribution is 2.32. The molecule has 7 heteroatoms. The molecule has 0 aromatic heterocycles. The van der Waals surface area contributed by atoms with E-state index in [2.05, 4.69) is 0 Å². The smallest absolute Gasteiger partial charge is 0.311 e. The predicted molar refractivity (Wildman–Crippen MR) is 110 cm³/mol. The maximum Gasteiger partial charge on any atom is 0.311 e. The molecule has 7 nitrogen and oxygen atoms in total. The fourth-order valence-electron chi connectivity index (χ4n) is 3.95. The Bertz CT molecular complexity index is 566. The van der Waals surface area contributed by atoms with Gasteiger partial charge in [0.25, 0.3) is 0 Å². The lowest BCUT2D eigenvalue weighted by atomic mass is 9.79. The zero-order valence-electron chi connectivity index (χ0n) is 18.8. The van der Waals surface area contributed by atoms with Crippen LogP contribution in [0.5, 0.6) is 0 Å². The summed E-state index contributed by atoms with van der Waals surface area (Å²) in [6.45, 7) is 5.52. The molecule has 2 saturated carbocycles. The second-order valence-corrected chi connectivity index (χ2v) is 9.05. The van der Waals surface area contributed by atoms with Crippen LogP contribution in [-0.4, -0.2) is 44.0 Å². The lowest BCUT2D eigenvalue weighted by molar-refractivity contribution is -0.175. The summed E-state index contributed by atoms with van der Waals surface area (Å²) in [5, 5.41) is 0. The number of carbonyl (C=O) groups is 3. The zero-order valence-corrected chi connectivity index (χ0v) is 18.8. The first-order valence-electron chi connectivity index (χ1n) is 11.5. The van der Waals surface area contributed by atoms with Crippen molar-refractivity contribution in [3.63, 3.8) is 0 Å². The Morgan fingerprint density at radius 2 is 1.30 bits per heavy atom. The van der Waals surface area contributed by atoms with Gasteiger partial charge in [0.15, 0.2) is 6.79 Å². The lowest BCUT2D eigenvalue weighted by Gasteiger charge is -2.28. The minimum Gasteiger partial charge on any atom is -0.462 e. The van der Waals surface area contributed by atoms with Crippen molar-refractivity contribution in [1.82, 2.24) is 0 Å². The van der Waals surface area contributed by atoms with Gasteiger partial charge in [-0.1, -0.05) is 39.0 Å². The molecule has 0 bridgehead atoms. The van der Waals surface area contributed by atoms with Gasteiger partial charge in [-0.05, 0) is 46.0 Å². The summed E-state index contributed by atoms with van der Waals surface area (Å²) < 4.78 is 21.5. The SMILES string of the molecule is CCC(C)(C)C(=O)OCCOC(=O)C1CCCCC1C(=O)OCOC1CCCCC1. The summed E-state index contributed by atoms with van der Waals surface area (Å²) in [5.41, 5.74) is -0.554. The molecule has 0 radical (unpaired) electrons. The minimum absolute atomic E-state index is 0.00652. The first kappa shape index (κ1) is 24.6. The Labute approximate surface area is 180 Å². The van der Waals surface area contributed by atoms with E-state index in [-0.39, 0.29) is 38.0 Å². The number of carbonyl (C=O) groups excluding carboxylic acids is 3. The third kappa shape index (κ3) is 7.56. The first-order valence-corrected chi connectivity index (χ1v) is 11.5. The average Bonchev–Trinajstić information content (AvgIpc) is 2.77. The summed E-state index contributed by atoms with van der Waals surface area (Å²) in [5.74, 6) is -2.12. The molecule has 2 fully saturated rings. The van der Waals surface area contributed by atoms with E-state index in [0.29, 0.717) is 19.3 Å². The minimum atomic E-state index is -0.554. The van der Waals surface area contributed by atoms with Crippen LogP contribution >= 0.6 is 0 Å². The Morgan fingerprint density at radius 3 is 1.90 bits per heavy atom. The fraction of sp³-hybridized carbons (Fsp3) is 0.870. The first-order chi connectivity index (χ1) is 14.3. The molecule has 2 aliphatic rings. The van der Waals surface area contributed by atoms with E-state index < -0.39 is 23.2 Å². The number of ether oxygens (including phenoxy) is 4. The van der Waals surface area contributed by atoms with E-state index in [1.54, 1.807) is 0 Å². The van der Waals surface area contributed by atoms with Crippen LogP contribution in [0.3, 0.4) is 0 Å². The van der Waals surface area contributed by atoms with Gasteiger partial charge in [0.1, 0.15) is 13.2 Å². The van der Waals surface area contributed by atoms with E-state index in [4.69, 9.17) is 18.9 Å². The summed E-state index contributed by atoms with van der Waals surface area (Å²) in [7, 11) is 0. The third-order valence-electron chi connectivity index (χ3n) is 6.43. The van der Waals surface area contributed by atoms with Gasteiger partial charge in [-0.3, -0.25) is 14.4 Å². The van der Waals surface area contributed by atoms with Gasteiger partial charge in [0.05, 0.1) is 23.4 Å². The molecule has 0 aromatic carbocycles. The molecule has 0 amide bonds. The molecule has 172 valence electrons. The van der Waals surface area contributed by atoms with Crippen molar-refractivity contribution in [3.8, 4) is 0 Å². The number of rotatable bonds is 10. The summed E-state index contributed by atoms with van der Waals surface area (Å²) >= 11 is 0. The van der Waals surface area contributed by atoms with Crippen molar-refractivity contribution in [2.45, 2.75) is 91.1 Å². The highest BCUT2D eigenvalue weighted by molar-refractivity contribution is 5.82. The third-order valence-corrected chi connectivity index (χ3v) is 6.43. The van der Waals surface area contributed by atoms with Crippen LogP contribution in [-0.2, 0) is 33.3 Å². The lowest BCUT2D eigenvalue weighted by Crippen LogP contribution is -2.36. The maximum atomic E-state index is 12.5. The molecular weight excluding hydrogens is 388 g/mol. The number of hydrogen-bond acceptors (Lipinski definition) is 7. The molecule has 0 aromatic rings. The average molecular weight is 427 g/mol. The van der Waals surface area contributed by atoms with Crippen molar-refractivity contribution < 1.29 is 33.3 Å². The molecule has 0 heterocycles. The van der Waals surface area contributed by atoms with Crippen LogP contribution in [0.25, 0.3) is 0 Å². The monoisotopic (exact) mass is 426 g/mol. The van der Waals surface area contributed by atoms with Crippen molar-refractivity contribution in [2.24, 2.45) is 17.3 Å². The topological polar surface area (TPSA) is 88.1 Å². The number of esters is 3. The van der Waals surface area contributed by atoms with E-state index in [0.717, 1.165) is 38.5 Å². The van der Waals surface area contributed by atoms with Gasteiger partial charge in [-0.25, -0.2) is 0 Å². The van der Waals surface area contributed by atoms with Gasteiger partial charge >= 0.3 is 17.9 Å². The highest BCUT2D eigenvalue weighted by atomic mass is 16.7. The molecule has 0 spiro atoms. The van der Waals surface area contributed by atoms with Gasteiger partial charge in [0, 0.05) is 0 Å². The molecule has 0 aliphatic heterocycles. The Hall–Kier alpha value is -1.63. The fourth-order valence-corrected chi connectivity index (χ4v) is 3.95. The van der Waals surface area contributed by atoms with Crippen molar-refractivity contribution in [1.29, 1.82) is 0 Å². The standard InChI is InChI=1S/C23H38O7/c1-4-23(2,3)22(26)28-15-14-27-20(24)18-12-8-9-13-19(18)21(25)30-16-29-17-10-6-5-7-11-17/h17-19H,4-16H2,1-3H3. The quantitative estimate of drug-likeness (QED) is 0.224. The van der Waals surface area contributed by atoms with Gasteiger partial charge < -0.3 is 18.9 Å². The Balaban J connectivity index is 1.73. The van der Waals surface area contributed by atoms with E-state index in [1.165, 1.54) is 6.42 Å². The Morgan fingerprint density at radius 1 is 0.767 bits per heavy atom. The molecule has 2 aliphatic carbocycles. The summed E-state index contributed by atoms with van der Waals surface area (Å²) in [6, 6.07) is 0. The molecule has 2 rings (SSSR count).